The minimum atomic E-state index is -4.57. The first kappa shape index (κ1) is 21.0. The van der Waals surface area contributed by atoms with Gasteiger partial charge in [-0.2, -0.15) is 13.2 Å². The van der Waals surface area contributed by atoms with Crippen molar-refractivity contribution < 1.29 is 21.6 Å². The lowest BCUT2D eigenvalue weighted by Gasteiger charge is -2.42. The fourth-order valence-electron chi connectivity index (χ4n) is 4.60. The predicted octanol–water partition coefficient (Wildman–Crippen LogP) is 4.92. The maximum Gasteiger partial charge on any atom is 0.416 e. The molecule has 162 valence electrons. The van der Waals surface area contributed by atoms with E-state index in [9.17, 15) is 21.6 Å². The predicted molar refractivity (Wildman–Crippen MR) is 109 cm³/mol. The molecule has 2 aliphatic rings. The molecule has 0 amide bonds. The summed E-state index contributed by atoms with van der Waals surface area (Å²) in [5, 5.41) is 0. The van der Waals surface area contributed by atoms with Crippen LogP contribution in [0.15, 0.2) is 47.6 Å². The van der Waals surface area contributed by atoms with Crippen LogP contribution in [-0.4, -0.2) is 26.5 Å². The van der Waals surface area contributed by atoms with E-state index in [1.54, 1.807) is 0 Å². The van der Waals surface area contributed by atoms with Gasteiger partial charge in [0.1, 0.15) is 4.90 Å². The second-order valence-electron chi connectivity index (χ2n) is 8.06. The molecule has 1 saturated carbocycles. The quantitative estimate of drug-likeness (QED) is 0.735. The zero-order valence-corrected chi connectivity index (χ0v) is 17.2. The van der Waals surface area contributed by atoms with Crippen molar-refractivity contribution in [2.75, 3.05) is 22.7 Å². The average Bonchev–Trinajstić information content (AvgIpc) is 2.73. The van der Waals surface area contributed by atoms with Crippen LogP contribution in [0, 0.1) is 11.8 Å². The third kappa shape index (κ3) is 4.40. The van der Waals surface area contributed by atoms with Crippen LogP contribution in [-0.2, 0) is 16.2 Å². The van der Waals surface area contributed by atoms with Crippen LogP contribution in [0.5, 0.6) is 0 Å². The number of rotatable bonds is 4. The van der Waals surface area contributed by atoms with Crippen LogP contribution in [0.1, 0.15) is 37.7 Å². The number of sulfonamides is 1. The molecule has 1 unspecified atom stereocenters. The molecule has 1 saturated heterocycles. The molecule has 1 aliphatic heterocycles. The van der Waals surface area contributed by atoms with E-state index in [1.807, 2.05) is 4.90 Å². The van der Waals surface area contributed by atoms with Crippen molar-refractivity contribution in [1.29, 1.82) is 0 Å². The molecular formula is C21H24F3N3O2S. The van der Waals surface area contributed by atoms with E-state index in [4.69, 9.17) is 0 Å². The van der Waals surface area contributed by atoms with Gasteiger partial charge in [-0.05, 0) is 55.0 Å². The number of pyridine rings is 1. The van der Waals surface area contributed by atoms with Gasteiger partial charge < -0.3 is 4.90 Å². The van der Waals surface area contributed by atoms with Crippen LogP contribution in [0.4, 0.5) is 24.5 Å². The van der Waals surface area contributed by atoms with Crippen molar-refractivity contribution >= 4 is 21.4 Å². The summed E-state index contributed by atoms with van der Waals surface area (Å²) >= 11 is 0. The number of anilines is 2. The van der Waals surface area contributed by atoms with Crippen LogP contribution >= 0.6 is 0 Å². The van der Waals surface area contributed by atoms with Crippen molar-refractivity contribution in [3.8, 4) is 0 Å². The smallest absolute Gasteiger partial charge is 0.370 e. The molecule has 2 fully saturated rings. The van der Waals surface area contributed by atoms with Crippen molar-refractivity contribution in [3.63, 3.8) is 0 Å². The lowest BCUT2D eigenvalue weighted by molar-refractivity contribution is -0.137. The molecule has 2 heterocycles. The molecule has 2 aromatic rings. The van der Waals surface area contributed by atoms with E-state index in [2.05, 4.69) is 9.71 Å². The van der Waals surface area contributed by atoms with Crippen LogP contribution in [0.25, 0.3) is 0 Å². The summed E-state index contributed by atoms with van der Waals surface area (Å²) in [5.41, 5.74) is -0.454. The van der Waals surface area contributed by atoms with E-state index in [-0.39, 0.29) is 10.6 Å². The van der Waals surface area contributed by atoms with Gasteiger partial charge in [0.15, 0.2) is 0 Å². The van der Waals surface area contributed by atoms with E-state index in [0.717, 1.165) is 31.5 Å². The molecule has 30 heavy (non-hydrogen) atoms. The zero-order chi connectivity index (χ0) is 21.4. The number of halogens is 3. The summed E-state index contributed by atoms with van der Waals surface area (Å²) in [6.45, 7) is 1.44. The number of fused-ring (bicyclic) bond motifs is 1. The fraction of sp³-hybridized carbons (Fsp3) is 0.476. The first-order valence-corrected chi connectivity index (χ1v) is 11.6. The molecule has 5 nitrogen and oxygen atoms in total. The van der Waals surface area contributed by atoms with Crippen LogP contribution < -0.4 is 9.62 Å². The van der Waals surface area contributed by atoms with Crippen molar-refractivity contribution in [2.24, 2.45) is 11.8 Å². The molecule has 0 bridgehead atoms. The monoisotopic (exact) mass is 439 g/mol. The van der Waals surface area contributed by atoms with E-state index < -0.39 is 21.8 Å². The summed E-state index contributed by atoms with van der Waals surface area (Å²) in [6.07, 6.45) is 3.72. The molecule has 0 radical (unpaired) electrons. The number of nitrogens with one attached hydrogen (secondary N) is 1. The van der Waals surface area contributed by atoms with Gasteiger partial charge in [-0.25, -0.2) is 8.42 Å². The number of aromatic nitrogens is 1. The van der Waals surface area contributed by atoms with Crippen molar-refractivity contribution in [1.82, 2.24) is 4.98 Å². The third-order valence-corrected chi connectivity index (χ3v) is 7.50. The topological polar surface area (TPSA) is 62.3 Å². The number of alkyl halides is 3. The van der Waals surface area contributed by atoms with Crippen LogP contribution in [0.2, 0.25) is 0 Å². The van der Waals surface area contributed by atoms with Gasteiger partial charge in [-0.3, -0.25) is 9.71 Å². The van der Waals surface area contributed by atoms with Gasteiger partial charge >= 0.3 is 6.18 Å². The number of nitrogens with zero attached hydrogens (tertiary/aromatic N) is 2. The maximum atomic E-state index is 13.3. The van der Waals surface area contributed by atoms with Gasteiger partial charge in [-0.15, -0.1) is 0 Å². The first-order chi connectivity index (χ1) is 14.2. The Morgan fingerprint density at radius 1 is 1.07 bits per heavy atom. The van der Waals surface area contributed by atoms with E-state index in [1.165, 1.54) is 49.9 Å². The minimum absolute atomic E-state index is 0.0528. The Morgan fingerprint density at radius 2 is 1.83 bits per heavy atom. The number of benzene rings is 1. The Hall–Kier alpha value is -2.29. The Kier molecular flexibility index (Phi) is 5.65. The largest absolute Gasteiger partial charge is 0.416 e. The van der Waals surface area contributed by atoms with Gasteiger partial charge in [-0.1, -0.05) is 19.3 Å². The highest BCUT2D eigenvalue weighted by Gasteiger charge is 2.35. The third-order valence-electron chi connectivity index (χ3n) is 6.14. The zero-order valence-electron chi connectivity index (χ0n) is 16.4. The first-order valence-electron chi connectivity index (χ1n) is 10.1. The highest BCUT2D eigenvalue weighted by Crippen LogP contribution is 2.41. The second-order valence-corrected chi connectivity index (χ2v) is 9.75. The average molecular weight is 440 g/mol. The van der Waals surface area contributed by atoms with Crippen molar-refractivity contribution in [2.45, 2.75) is 43.2 Å². The Bertz CT molecular complexity index is 996. The molecule has 1 N–H and O–H groups in total. The van der Waals surface area contributed by atoms with Gasteiger partial charge in [0, 0.05) is 25.5 Å². The highest BCUT2D eigenvalue weighted by atomic mass is 32.2. The number of hydrogen-bond acceptors (Lipinski definition) is 4. The molecule has 4 rings (SSSR count). The number of piperidine rings is 1. The summed E-state index contributed by atoms with van der Waals surface area (Å²) in [5.74, 6) is 1.15. The molecule has 0 spiro atoms. The maximum absolute atomic E-state index is 13.3. The molecule has 1 aliphatic carbocycles. The Labute approximate surface area is 174 Å². The van der Waals surface area contributed by atoms with Crippen LogP contribution in [0.3, 0.4) is 0 Å². The molecule has 1 aromatic carbocycles. The standard InChI is InChI=1S/C21H24F3N3O2S/c22-21(23,24)17-7-8-20(27-11-9-15-4-1-2-5-16(15)14-27)19(12-17)26-30(28,29)18-6-3-10-25-13-18/h3,6-8,10,12-13,15-16,26H,1-2,4-5,9,11,14H2/t15-,16?/m0/s1. The van der Waals surface area contributed by atoms with E-state index >= 15 is 0 Å². The number of hydrogen-bond donors (Lipinski definition) is 1. The lowest BCUT2D eigenvalue weighted by Crippen LogP contribution is -2.42. The highest BCUT2D eigenvalue weighted by molar-refractivity contribution is 7.92. The van der Waals surface area contributed by atoms with Gasteiger partial charge in [0.2, 0.25) is 0 Å². The summed E-state index contributed by atoms with van der Waals surface area (Å²) < 4.78 is 67.9. The van der Waals surface area contributed by atoms with Gasteiger partial charge in [0.25, 0.3) is 10.0 Å². The second kappa shape index (κ2) is 8.09. The Morgan fingerprint density at radius 3 is 2.53 bits per heavy atom. The molecule has 9 heteroatoms. The molecule has 2 atom stereocenters. The summed E-state index contributed by atoms with van der Waals surface area (Å²) in [6, 6.07) is 6.11. The summed E-state index contributed by atoms with van der Waals surface area (Å²) in [7, 11) is -4.07. The molecular weight excluding hydrogens is 415 g/mol. The molecule has 1 aromatic heterocycles. The lowest BCUT2D eigenvalue weighted by atomic mass is 9.75. The van der Waals surface area contributed by atoms with Gasteiger partial charge in [0.05, 0.1) is 16.9 Å². The Balaban J connectivity index is 1.68. The minimum Gasteiger partial charge on any atom is -0.370 e. The normalized spacial score (nSPS) is 22.4. The van der Waals surface area contributed by atoms with Crippen molar-refractivity contribution in [3.05, 3.63) is 48.3 Å². The summed E-state index contributed by atoms with van der Waals surface area (Å²) in [4.78, 5) is 5.72. The fourth-order valence-corrected chi connectivity index (χ4v) is 5.63. The SMILES string of the molecule is O=S(=O)(Nc1cc(C(F)(F)F)ccc1N1CC[C@@H]2CCCCC2C1)c1cccnc1. The van der Waals surface area contributed by atoms with E-state index in [0.29, 0.717) is 24.1 Å².